The molecule has 0 spiro atoms. The number of benzene rings is 2. The van der Waals surface area contributed by atoms with Gasteiger partial charge in [-0.2, -0.15) is 0 Å². The van der Waals surface area contributed by atoms with Gasteiger partial charge in [-0.25, -0.2) is 4.79 Å². The van der Waals surface area contributed by atoms with Crippen molar-refractivity contribution in [3.63, 3.8) is 0 Å². The lowest BCUT2D eigenvalue weighted by atomic mass is 10.1. The van der Waals surface area contributed by atoms with Crippen LogP contribution >= 0.6 is 27.5 Å². The summed E-state index contributed by atoms with van der Waals surface area (Å²) in [4.78, 5) is 23.2. The summed E-state index contributed by atoms with van der Waals surface area (Å²) in [6.45, 7) is 0. The smallest absolute Gasteiger partial charge is 0.337 e. The van der Waals surface area contributed by atoms with E-state index in [-0.39, 0.29) is 27.6 Å². The number of carboxylic acid groups (broad SMARTS) is 1. The minimum atomic E-state index is -1.21. The summed E-state index contributed by atoms with van der Waals surface area (Å²) >= 11 is 8.90. The topological polar surface area (TPSA) is 86.6 Å². The van der Waals surface area contributed by atoms with E-state index < -0.39 is 11.9 Å². The van der Waals surface area contributed by atoms with Crippen LogP contribution in [0, 0.1) is 0 Å². The summed E-state index contributed by atoms with van der Waals surface area (Å²) in [5, 5.41) is 21.5. The third-order valence-corrected chi connectivity index (χ3v) is 3.39. The molecule has 0 aromatic heterocycles. The van der Waals surface area contributed by atoms with Crippen molar-refractivity contribution in [1.82, 2.24) is 0 Å². The maximum absolute atomic E-state index is 12.1. The van der Waals surface area contributed by atoms with Gasteiger partial charge in [0, 0.05) is 9.50 Å². The fourth-order valence-electron chi connectivity index (χ4n) is 1.69. The zero-order valence-corrected chi connectivity index (χ0v) is 12.8. The van der Waals surface area contributed by atoms with Crippen LogP contribution in [0.5, 0.6) is 5.75 Å². The van der Waals surface area contributed by atoms with E-state index >= 15 is 0 Å². The van der Waals surface area contributed by atoms with Crippen molar-refractivity contribution >= 4 is 45.1 Å². The Labute approximate surface area is 133 Å². The second kappa shape index (κ2) is 6.15. The lowest BCUT2D eigenvalue weighted by Crippen LogP contribution is -2.15. The van der Waals surface area contributed by atoms with E-state index in [4.69, 9.17) is 16.7 Å². The number of rotatable bonds is 3. The van der Waals surface area contributed by atoms with Crippen LogP contribution in [0.25, 0.3) is 0 Å². The minimum Gasteiger partial charge on any atom is -0.507 e. The molecule has 0 aliphatic rings. The molecule has 1 amide bonds. The van der Waals surface area contributed by atoms with Crippen LogP contribution in [-0.2, 0) is 0 Å². The zero-order valence-electron chi connectivity index (χ0n) is 10.4. The number of carbonyl (C=O) groups excluding carboxylic acids is 1. The summed E-state index contributed by atoms with van der Waals surface area (Å²) in [5.74, 6) is -2.05. The van der Waals surface area contributed by atoms with Crippen molar-refractivity contribution in [3.8, 4) is 5.75 Å². The van der Waals surface area contributed by atoms with E-state index in [2.05, 4.69) is 21.2 Å². The minimum absolute atomic E-state index is 0.0319. The van der Waals surface area contributed by atoms with Crippen LogP contribution in [0.2, 0.25) is 5.02 Å². The maximum atomic E-state index is 12.1. The van der Waals surface area contributed by atoms with Crippen molar-refractivity contribution in [2.45, 2.75) is 0 Å². The van der Waals surface area contributed by atoms with Gasteiger partial charge in [0.2, 0.25) is 0 Å². The predicted molar refractivity (Wildman–Crippen MR) is 82.2 cm³/mol. The fraction of sp³-hybridized carbons (Fsp3) is 0. The molecule has 0 aliphatic heterocycles. The molecule has 7 heteroatoms. The molecule has 2 aromatic carbocycles. The SMILES string of the molecule is O=C(Nc1ccc(Cl)cc1C(=O)O)c1ccc(Br)cc1O. The van der Waals surface area contributed by atoms with Gasteiger partial charge in [0.15, 0.2) is 0 Å². The third-order valence-electron chi connectivity index (χ3n) is 2.66. The molecule has 0 radical (unpaired) electrons. The van der Waals surface area contributed by atoms with Gasteiger partial charge in [0.25, 0.3) is 5.91 Å². The second-order valence-corrected chi connectivity index (χ2v) is 5.46. The number of halogens is 2. The standard InChI is InChI=1S/C14H9BrClNO4/c15-7-1-3-9(12(18)5-7)13(19)17-11-4-2-8(16)6-10(11)14(20)21/h1-6,18H,(H,17,19)(H,20,21). The number of carboxylic acids is 1. The molecule has 0 fully saturated rings. The van der Waals surface area contributed by atoms with Gasteiger partial charge in [-0.15, -0.1) is 0 Å². The Morgan fingerprint density at radius 1 is 1.10 bits per heavy atom. The van der Waals surface area contributed by atoms with E-state index in [1.165, 1.54) is 30.3 Å². The molecule has 2 aromatic rings. The highest BCUT2D eigenvalue weighted by molar-refractivity contribution is 9.10. The molecule has 21 heavy (non-hydrogen) atoms. The average molecular weight is 371 g/mol. The first-order valence-corrected chi connectivity index (χ1v) is 6.88. The monoisotopic (exact) mass is 369 g/mol. The van der Waals surface area contributed by atoms with Crippen molar-refractivity contribution in [3.05, 3.63) is 57.0 Å². The molecule has 3 N–H and O–H groups in total. The first kappa shape index (κ1) is 15.3. The normalized spacial score (nSPS) is 10.2. The molecule has 0 saturated carbocycles. The number of carbonyl (C=O) groups is 2. The number of phenolic OH excluding ortho intramolecular Hbond substituents is 1. The number of anilines is 1. The van der Waals surface area contributed by atoms with Gasteiger partial charge in [-0.3, -0.25) is 4.79 Å². The molecule has 2 rings (SSSR count). The Kier molecular flexibility index (Phi) is 4.50. The first-order valence-electron chi connectivity index (χ1n) is 5.71. The number of hydrogen-bond acceptors (Lipinski definition) is 3. The van der Waals surface area contributed by atoms with Crippen molar-refractivity contribution in [2.24, 2.45) is 0 Å². The van der Waals surface area contributed by atoms with Gasteiger partial charge in [-0.1, -0.05) is 27.5 Å². The van der Waals surface area contributed by atoms with Crippen LogP contribution in [0.15, 0.2) is 40.9 Å². The second-order valence-electron chi connectivity index (χ2n) is 4.11. The highest BCUT2D eigenvalue weighted by Gasteiger charge is 2.16. The zero-order chi connectivity index (χ0) is 15.6. The number of nitrogens with one attached hydrogen (secondary N) is 1. The molecule has 108 valence electrons. The van der Waals surface area contributed by atoms with Crippen molar-refractivity contribution < 1.29 is 19.8 Å². The number of aromatic carboxylic acids is 1. The number of aromatic hydroxyl groups is 1. The molecule has 0 unspecified atom stereocenters. The van der Waals surface area contributed by atoms with Gasteiger partial charge >= 0.3 is 5.97 Å². The Balaban J connectivity index is 2.34. The summed E-state index contributed by atoms with van der Waals surface area (Å²) in [7, 11) is 0. The largest absolute Gasteiger partial charge is 0.507 e. The van der Waals surface area contributed by atoms with Crippen LogP contribution in [-0.4, -0.2) is 22.1 Å². The van der Waals surface area contributed by atoms with E-state index in [1.54, 1.807) is 6.07 Å². The quantitative estimate of drug-likeness (QED) is 0.768. The molecule has 5 nitrogen and oxygen atoms in total. The Morgan fingerprint density at radius 3 is 2.43 bits per heavy atom. The summed E-state index contributed by atoms with van der Waals surface area (Å²) in [6, 6.07) is 8.47. The first-order chi connectivity index (χ1) is 9.88. The molecular formula is C14H9BrClNO4. The molecule has 0 aliphatic carbocycles. The van der Waals surface area contributed by atoms with E-state index in [0.717, 1.165) is 0 Å². The Morgan fingerprint density at radius 2 is 1.81 bits per heavy atom. The van der Waals surface area contributed by atoms with Gasteiger partial charge in [0.1, 0.15) is 5.75 Å². The summed E-state index contributed by atoms with van der Waals surface area (Å²) < 4.78 is 0.620. The summed E-state index contributed by atoms with van der Waals surface area (Å²) in [5.41, 5.74) is -0.00356. The lowest BCUT2D eigenvalue weighted by Gasteiger charge is -2.10. The van der Waals surface area contributed by atoms with Crippen LogP contribution in [0.1, 0.15) is 20.7 Å². The highest BCUT2D eigenvalue weighted by atomic mass is 79.9. The number of phenols is 1. The van der Waals surface area contributed by atoms with E-state index in [1.807, 2.05) is 0 Å². The Bertz CT molecular complexity index is 733. The van der Waals surface area contributed by atoms with Crippen molar-refractivity contribution in [2.75, 3.05) is 5.32 Å². The van der Waals surface area contributed by atoms with Gasteiger partial charge in [0.05, 0.1) is 16.8 Å². The molecule has 0 bridgehead atoms. The number of hydrogen-bond donors (Lipinski definition) is 3. The predicted octanol–water partition coefficient (Wildman–Crippen LogP) is 3.76. The van der Waals surface area contributed by atoms with Crippen LogP contribution < -0.4 is 5.32 Å². The fourth-order valence-corrected chi connectivity index (χ4v) is 2.21. The average Bonchev–Trinajstić information content (AvgIpc) is 2.40. The van der Waals surface area contributed by atoms with Crippen LogP contribution in [0.3, 0.4) is 0 Å². The van der Waals surface area contributed by atoms with Gasteiger partial charge < -0.3 is 15.5 Å². The van der Waals surface area contributed by atoms with E-state index in [0.29, 0.717) is 4.47 Å². The Hall–Kier alpha value is -2.05. The maximum Gasteiger partial charge on any atom is 0.337 e. The third kappa shape index (κ3) is 3.53. The van der Waals surface area contributed by atoms with Gasteiger partial charge in [-0.05, 0) is 36.4 Å². The van der Waals surface area contributed by atoms with Crippen molar-refractivity contribution in [1.29, 1.82) is 0 Å². The lowest BCUT2D eigenvalue weighted by molar-refractivity contribution is 0.0698. The van der Waals surface area contributed by atoms with E-state index in [9.17, 15) is 14.7 Å². The molecular weight excluding hydrogens is 362 g/mol. The number of amides is 1. The highest BCUT2D eigenvalue weighted by Crippen LogP contribution is 2.25. The molecule has 0 atom stereocenters. The molecule has 0 saturated heterocycles. The molecule has 0 heterocycles. The van der Waals surface area contributed by atoms with Crippen LogP contribution in [0.4, 0.5) is 5.69 Å². The summed E-state index contributed by atoms with van der Waals surface area (Å²) in [6.07, 6.45) is 0.